The Kier molecular flexibility index (Phi) is 4.85. The van der Waals surface area contributed by atoms with Gasteiger partial charge in [-0.05, 0) is 54.6 Å². The predicted molar refractivity (Wildman–Crippen MR) is 96.1 cm³/mol. The van der Waals surface area contributed by atoms with Crippen LogP contribution in [0.3, 0.4) is 0 Å². The molecule has 2 N–H and O–H groups in total. The highest BCUT2D eigenvalue weighted by Gasteiger charge is 2.05. The van der Waals surface area contributed by atoms with Crippen molar-refractivity contribution in [3.8, 4) is 5.75 Å². The minimum Gasteiger partial charge on any atom is -0.508 e. The molecule has 124 valence electrons. The fourth-order valence-corrected chi connectivity index (χ4v) is 2.83. The molecule has 0 aliphatic carbocycles. The smallest absolute Gasteiger partial charge is 0.221 e. The Balaban J connectivity index is 1.47. The molecule has 0 spiro atoms. The number of amides is 1. The zero-order valence-corrected chi connectivity index (χ0v) is 13.8. The number of benzene rings is 2. The summed E-state index contributed by atoms with van der Waals surface area (Å²) in [5.41, 5.74) is 3.50. The Morgan fingerprint density at radius 1 is 1.12 bits per heavy atom. The highest BCUT2D eigenvalue weighted by atomic mass is 16.3. The summed E-state index contributed by atoms with van der Waals surface area (Å²) in [6.45, 7) is 3.37. The van der Waals surface area contributed by atoms with Crippen molar-refractivity contribution in [3.63, 3.8) is 0 Å². The van der Waals surface area contributed by atoms with Crippen molar-refractivity contribution >= 4 is 16.8 Å². The summed E-state index contributed by atoms with van der Waals surface area (Å²) in [5, 5.41) is 13.4. The van der Waals surface area contributed by atoms with Gasteiger partial charge in [-0.15, -0.1) is 0 Å². The first-order valence-corrected chi connectivity index (χ1v) is 8.22. The molecule has 0 unspecified atom stereocenters. The van der Waals surface area contributed by atoms with E-state index in [0.29, 0.717) is 19.5 Å². The number of carbonyl (C=O) groups excluding carboxylic acids is 1. The van der Waals surface area contributed by atoms with Crippen molar-refractivity contribution in [1.29, 1.82) is 0 Å². The van der Waals surface area contributed by atoms with Gasteiger partial charge in [0.1, 0.15) is 5.75 Å². The van der Waals surface area contributed by atoms with Crippen LogP contribution in [0.1, 0.15) is 17.5 Å². The highest BCUT2D eigenvalue weighted by Crippen LogP contribution is 2.17. The van der Waals surface area contributed by atoms with E-state index in [1.54, 1.807) is 12.1 Å². The first-order valence-electron chi connectivity index (χ1n) is 8.22. The lowest BCUT2D eigenvalue weighted by atomic mass is 10.1. The third kappa shape index (κ3) is 3.96. The molecule has 24 heavy (non-hydrogen) atoms. The second-order valence-corrected chi connectivity index (χ2v) is 6.09. The maximum atomic E-state index is 12.0. The topological polar surface area (TPSA) is 54.3 Å². The van der Waals surface area contributed by atoms with Gasteiger partial charge in [0.05, 0.1) is 0 Å². The van der Waals surface area contributed by atoms with Crippen LogP contribution >= 0.6 is 0 Å². The van der Waals surface area contributed by atoms with Crippen LogP contribution in [-0.4, -0.2) is 22.1 Å². The van der Waals surface area contributed by atoms with Crippen LogP contribution in [0.5, 0.6) is 5.75 Å². The van der Waals surface area contributed by atoms with Crippen LogP contribution in [0.15, 0.2) is 54.7 Å². The second kappa shape index (κ2) is 7.21. The summed E-state index contributed by atoms with van der Waals surface area (Å²) in [6, 6.07) is 15.5. The Morgan fingerprint density at radius 2 is 1.92 bits per heavy atom. The number of phenols is 1. The minimum atomic E-state index is 0.0581. The fraction of sp³-hybridized carbons (Fsp3) is 0.250. The van der Waals surface area contributed by atoms with E-state index in [-0.39, 0.29) is 11.7 Å². The third-order valence-corrected chi connectivity index (χ3v) is 4.18. The van der Waals surface area contributed by atoms with Crippen molar-refractivity contribution in [2.75, 3.05) is 6.54 Å². The number of rotatable bonds is 6. The van der Waals surface area contributed by atoms with Crippen LogP contribution in [0.4, 0.5) is 0 Å². The van der Waals surface area contributed by atoms with E-state index < -0.39 is 0 Å². The molecule has 1 amide bonds. The van der Waals surface area contributed by atoms with Crippen LogP contribution in [0.2, 0.25) is 0 Å². The van der Waals surface area contributed by atoms with Gasteiger partial charge in [0.15, 0.2) is 0 Å². The monoisotopic (exact) mass is 322 g/mol. The molecule has 3 rings (SSSR count). The average Bonchev–Trinajstić information content (AvgIpc) is 2.97. The molecule has 1 heterocycles. The van der Waals surface area contributed by atoms with Crippen molar-refractivity contribution in [3.05, 3.63) is 65.9 Å². The van der Waals surface area contributed by atoms with Gasteiger partial charge in [0, 0.05) is 31.2 Å². The first-order chi connectivity index (χ1) is 11.6. The molecule has 2 aromatic carbocycles. The molecular weight excluding hydrogens is 300 g/mol. The normalized spacial score (nSPS) is 10.9. The van der Waals surface area contributed by atoms with Crippen LogP contribution in [0, 0.1) is 6.92 Å². The minimum absolute atomic E-state index is 0.0581. The standard InChI is InChI=1S/C20H22N2O2/c1-15-2-7-19-17(14-15)9-12-22(19)13-10-20(24)21-11-8-16-3-5-18(23)6-4-16/h2-7,9,12,14,23H,8,10-11,13H2,1H3,(H,21,24). The molecule has 0 bridgehead atoms. The van der Waals surface area contributed by atoms with E-state index in [0.717, 1.165) is 17.5 Å². The van der Waals surface area contributed by atoms with Gasteiger partial charge in [-0.3, -0.25) is 4.79 Å². The van der Waals surface area contributed by atoms with Crippen molar-refractivity contribution in [1.82, 2.24) is 9.88 Å². The lowest BCUT2D eigenvalue weighted by Gasteiger charge is -2.08. The highest BCUT2D eigenvalue weighted by molar-refractivity contribution is 5.81. The Morgan fingerprint density at radius 3 is 2.71 bits per heavy atom. The van der Waals surface area contributed by atoms with Crippen molar-refractivity contribution in [2.24, 2.45) is 0 Å². The van der Waals surface area contributed by atoms with E-state index in [1.165, 1.54) is 10.9 Å². The Bertz CT molecular complexity index is 834. The Labute approximate surface area is 141 Å². The van der Waals surface area contributed by atoms with Crippen LogP contribution in [0.25, 0.3) is 10.9 Å². The number of carbonyl (C=O) groups is 1. The van der Waals surface area contributed by atoms with Gasteiger partial charge in [-0.25, -0.2) is 0 Å². The van der Waals surface area contributed by atoms with E-state index in [1.807, 2.05) is 18.3 Å². The number of hydrogen-bond acceptors (Lipinski definition) is 2. The molecule has 4 nitrogen and oxygen atoms in total. The van der Waals surface area contributed by atoms with Gasteiger partial charge < -0.3 is 15.0 Å². The average molecular weight is 322 g/mol. The number of nitrogens with zero attached hydrogens (tertiary/aromatic N) is 1. The third-order valence-electron chi connectivity index (χ3n) is 4.18. The molecular formula is C20H22N2O2. The largest absolute Gasteiger partial charge is 0.508 e. The summed E-state index contributed by atoms with van der Waals surface area (Å²) >= 11 is 0. The lowest BCUT2D eigenvalue weighted by molar-refractivity contribution is -0.121. The Hall–Kier alpha value is -2.75. The van der Waals surface area contributed by atoms with Crippen molar-refractivity contribution < 1.29 is 9.90 Å². The molecule has 0 fully saturated rings. The molecule has 3 aromatic rings. The molecule has 0 aliphatic rings. The SMILES string of the molecule is Cc1ccc2c(ccn2CCC(=O)NCCc2ccc(O)cc2)c1. The maximum absolute atomic E-state index is 12.0. The first kappa shape index (κ1) is 16.1. The number of fused-ring (bicyclic) bond motifs is 1. The molecule has 0 radical (unpaired) electrons. The molecule has 4 heteroatoms. The molecule has 0 aliphatic heterocycles. The zero-order valence-electron chi connectivity index (χ0n) is 13.8. The van der Waals surface area contributed by atoms with Crippen LogP contribution < -0.4 is 5.32 Å². The summed E-state index contributed by atoms with van der Waals surface area (Å²) in [4.78, 5) is 12.0. The second-order valence-electron chi connectivity index (χ2n) is 6.09. The lowest BCUT2D eigenvalue weighted by Crippen LogP contribution is -2.26. The molecule has 0 saturated carbocycles. The van der Waals surface area contributed by atoms with Gasteiger partial charge >= 0.3 is 0 Å². The predicted octanol–water partition coefficient (Wildman–Crippen LogP) is 3.40. The fourth-order valence-electron chi connectivity index (χ4n) is 2.83. The van der Waals surface area contributed by atoms with E-state index >= 15 is 0 Å². The van der Waals surface area contributed by atoms with Crippen LogP contribution in [-0.2, 0) is 17.8 Å². The molecule has 1 aromatic heterocycles. The number of aromatic nitrogens is 1. The van der Waals surface area contributed by atoms with E-state index in [2.05, 4.69) is 41.1 Å². The molecule has 0 atom stereocenters. The summed E-state index contributed by atoms with van der Waals surface area (Å²) in [5.74, 6) is 0.319. The number of hydrogen-bond donors (Lipinski definition) is 2. The summed E-state index contributed by atoms with van der Waals surface area (Å²) in [6.07, 6.45) is 3.26. The number of nitrogens with one attached hydrogen (secondary N) is 1. The number of phenolic OH excluding ortho intramolecular Hbond substituents is 1. The van der Waals surface area contributed by atoms with E-state index in [9.17, 15) is 9.90 Å². The number of aryl methyl sites for hydroxylation is 2. The zero-order chi connectivity index (χ0) is 16.9. The summed E-state index contributed by atoms with van der Waals surface area (Å²) in [7, 11) is 0. The van der Waals surface area contributed by atoms with Gasteiger partial charge in [0.25, 0.3) is 0 Å². The quantitative estimate of drug-likeness (QED) is 0.731. The van der Waals surface area contributed by atoms with Gasteiger partial charge in [0.2, 0.25) is 5.91 Å². The van der Waals surface area contributed by atoms with Gasteiger partial charge in [-0.2, -0.15) is 0 Å². The van der Waals surface area contributed by atoms with Crippen molar-refractivity contribution in [2.45, 2.75) is 26.3 Å². The molecule has 0 saturated heterocycles. The maximum Gasteiger partial charge on any atom is 0.221 e. The summed E-state index contributed by atoms with van der Waals surface area (Å²) < 4.78 is 2.12. The number of aromatic hydroxyl groups is 1. The van der Waals surface area contributed by atoms with Gasteiger partial charge in [-0.1, -0.05) is 23.8 Å². The van der Waals surface area contributed by atoms with E-state index in [4.69, 9.17) is 0 Å².